The summed E-state index contributed by atoms with van der Waals surface area (Å²) in [6, 6.07) is 14.1. The lowest BCUT2D eigenvalue weighted by Crippen LogP contribution is -2.35. The van der Waals surface area contributed by atoms with E-state index >= 15 is 0 Å². The number of benzene rings is 2. The first-order valence-electron chi connectivity index (χ1n) is 9.07. The second kappa shape index (κ2) is 9.50. The Balaban J connectivity index is 1.38. The van der Waals surface area contributed by atoms with E-state index in [4.69, 9.17) is 9.47 Å². The number of imide groups is 1. The van der Waals surface area contributed by atoms with Gasteiger partial charge < -0.3 is 14.8 Å². The monoisotopic (exact) mass is 396 g/mol. The topological polar surface area (TPSA) is 111 Å². The van der Waals surface area contributed by atoms with Crippen LogP contribution < -0.4 is 15.4 Å². The van der Waals surface area contributed by atoms with Crippen LogP contribution in [0, 0.1) is 0 Å². The number of nitrogens with one attached hydrogen (secondary N) is 2. The van der Waals surface area contributed by atoms with E-state index in [-0.39, 0.29) is 18.9 Å². The van der Waals surface area contributed by atoms with Crippen LogP contribution in [0.3, 0.4) is 0 Å². The Labute approximate surface area is 167 Å². The number of ether oxygens (including phenoxy) is 2. The Morgan fingerprint density at radius 2 is 1.76 bits per heavy atom. The molecule has 0 atom stereocenters. The molecule has 2 aromatic carbocycles. The number of rotatable bonds is 7. The highest BCUT2D eigenvalue weighted by atomic mass is 16.6. The fraction of sp³-hybridized carbons (Fsp3) is 0.238. The molecule has 3 rings (SSSR count). The van der Waals surface area contributed by atoms with Gasteiger partial charge >= 0.3 is 5.97 Å². The lowest BCUT2D eigenvalue weighted by Gasteiger charge is -2.17. The number of amides is 3. The Kier molecular flexibility index (Phi) is 6.57. The van der Waals surface area contributed by atoms with Gasteiger partial charge in [-0.1, -0.05) is 30.3 Å². The van der Waals surface area contributed by atoms with E-state index in [0.29, 0.717) is 18.6 Å². The molecular weight excluding hydrogens is 376 g/mol. The highest BCUT2D eigenvalue weighted by Gasteiger charge is 2.16. The summed E-state index contributed by atoms with van der Waals surface area (Å²) in [5, 5.41) is 4.92. The zero-order valence-corrected chi connectivity index (χ0v) is 15.6. The molecule has 1 aliphatic heterocycles. The maximum atomic E-state index is 11.8. The largest absolute Gasteiger partial charge is 0.482 e. The molecule has 1 aliphatic rings. The summed E-state index contributed by atoms with van der Waals surface area (Å²) in [6.45, 7) is -0.949. The van der Waals surface area contributed by atoms with Crippen LogP contribution in [-0.4, -0.2) is 36.9 Å². The number of aryl methyl sites for hydroxylation is 1. The number of esters is 1. The predicted molar refractivity (Wildman–Crippen MR) is 103 cm³/mol. The highest BCUT2D eigenvalue weighted by molar-refractivity contribution is 5.97. The summed E-state index contributed by atoms with van der Waals surface area (Å²) < 4.78 is 10.2. The third kappa shape index (κ3) is 6.17. The van der Waals surface area contributed by atoms with Crippen molar-refractivity contribution in [1.29, 1.82) is 0 Å². The van der Waals surface area contributed by atoms with Gasteiger partial charge in [0.05, 0.1) is 6.42 Å². The Morgan fingerprint density at radius 3 is 2.55 bits per heavy atom. The van der Waals surface area contributed by atoms with Crippen molar-refractivity contribution in [3.05, 3.63) is 59.7 Å². The molecule has 0 bridgehead atoms. The van der Waals surface area contributed by atoms with Gasteiger partial charge in [0, 0.05) is 12.1 Å². The van der Waals surface area contributed by atoms with Crippen molar-refractivity contribution >= 4 is 29.4 Å². The molecule has 8 heteroatoms. The lowest BCUT2D eigenvalue weighted by atomic mass is 10.0. The molecule has 0 fully saturated rings. The summed E-state index contributed by atoms with van der Waals surface area (Å²) in [7, 11) is 0. The van der Waals surface area contributed by atoms with Crippen molar-refractivity contribution < 1.29 is 28.7 Å². The van der Waals surface area contributed by atoms with Crippen molar-refractivity contribution in [2.45, 2.75) is 19.3 Å². The third-order valence-corrected chi connectivity index (χ3v) is 4.18. The number of carbonyl (C=O) groups is 4. The molecule has 0 aliphatic carbocycles. The van der Waals surface area contributed by atoms with Crippen LogP contribution in [0.4, 0.5) is 5.69 Å². The number of hydrogen-bond donors (Lipinski definition) is 2. The number of carbonyl (C=O) groups excluding carboxylic acids is 4. The zero-order valence-electron chi connectivity index (χ0n) is 15.6. The zero-order chi connectivity index (χ0) is 20.6. The van der Waals surface area contributed by atoms with E-state index in [1.165, 1.54) is 0 Å². The van der Waals surface area contributed by atoms with Gasteiger partial charge in [-0.25, -0.2) is 4.79 Å². The first-order chi connectivity index (χ1) is 14.0. The Hall–Kier alpha value is -3.68. The minimum absolute atomic E-state index is 0.0322. The van der Waals surface area contributed by atoms with Crippen LogP contribution in [0.5, 0.6) is 5.75 Å². The van der Waals surface area contributed by atoms with E-state index < -0.39 is 24.4 Å². The number of anilines is 1. The van der Waals surface area contributed by atoms with E-state index in [9.17, 15) is 19.2 Å². The van der Waals surface area contributed by atoms with Gasteiger partial charge in [0.15, 0.2) is 13.2 Å². The summed E-state index contributed by atoms with van der Waals surface area (Å²) in [6.07, 6.45) is 1.05. The van der Waals surface area contributed by atoms with Crippen LogP contribution in [0.2, 0.25) is 0 Å². The van der Waals surface area contributed by atoms with Crippen molar-refractivity contribution in [1.82, 2.24) is 5.32 Å². The van der Waals surface area contributed by atoms with Gasteiger partial charge in [-0.3, -0.25) is 19.7 Å². The third-order valence-electron chi connectivity index (χ3n) is 4.18. The second-order valence-electron chi connectivity index (χ2n) is 6.45. The molecule has 2 N–H and O–H groups in total. The van der Waals surface area contributed by atoms with Crippen molar-refractivity contribution in [3.8, 4) is 5.75 Å². The molecule has 0 aromatic heterocycles. The quantitative estimate of drug-likeness (QED) is 0.684. The molecule has 0 unspecified atom stereocenters. The molecular formula is C21H20N2O6. The molecule has 0 saturated carbocycles. The van der Waals surface area contributed by atoms with Gasteiger partial charge in [-0.05, 0) is 35.7 Å². The normalized spacial score (nSPS) is 12.3. The van der Waals surface area contributed by atoms with Gasteiger partial charge in [-0.2, -0.15) is 0 Å². The summed E-state index contributed by atoms with van der Waals surface area (Å²) in [4.78, 5) is 46.6. The molecule has 0 saturated heterocycles. The maximum absolute atomic E-state index is 11.8. The smallest absolute Gasteiger partial charge is 0.344 e. The van der Waals surface area contributed by atoms with Crippen LogP contribution >= 0.6 is 0 Å². The van der Waals surface area contributed by atoms with Crippen LogP contribution in [0.25, 0.3) is 0 Å². The maximum Gasteiger partial charge on any atom is 0.344 e. The molecule has 0 spiro atoms. The van der Waals surface area contributed by atoms with Crippen LogP contribution in [0.15, 0.2) is 48.5 Å². The number of hydrogen-bond acceptors (Lipinski definition) is 6. The van der Waals surface area contributed by atoms with Crippen molar-refractivity contribution in [2.75, 3.05) is 18.5 Å². The van der Waals surface area contributed by atoms with Crippen molar-refractivity contribution in [2.24, 2.45) is 0 Å². The van der Waals surface area contributed by atoms with Gasteiger partial charge in [0.25, 0.3) is 5.91 Å². The van der Waals surface area contributed by atoms with E-state index in [1.807, 2.05) is 6.07 Å². The molecule has 29 heavy (non-hydrogen) atoms. The molecule has 150 valence electrons. The number of fused-ring (bicyclic) bond motifs is 1. The highest BCUT2D eigenvalue weighted by Crippen LogP contribution is 2.26. The van der Waals surface area contributed by atoms with Gasteiger partial charge in [0.2, 0.25) is 11.8 Å². The molecule has 1 heterocycles. The first kappa shape index (κ1) is 20.1. The fourth-order valence-corrected chi connectivity index (χ4v) is 2.80. The van der Waals surface area contributed by atoms with Gasteiger partial charge in [0.1, 0.15) is 5.75 Å². The lowest BCUT2D eigenvalue weighted by molar-refractivity contribution is -0.151. The minimum atomic E-state index is -0.735. The van der Waals surface area contributed by atoms with Crippen LogP contribution in [0.1, 0.15) is 17.5 Å². The average Bonchev–Trinajstić information content (AvgIpc) is 2.71. The summed E-state index contributed by atoms with van der Waals surface area (Å²) in [5.74, 6) is -1.49. The Morgan fingerprint density at radius 1 is 0.966 bits per heavy atom. The Bertz CT molecular complexity index is 926. The van der Waals surface area contributed by atoms with Crippen LogP contribution in [-0.2, 0) is 36.8 Å². The fourth-order valence-electron chi connectivity index (χ4n) is 2.80. The van der Waals surface area contributed by atoms with E-state index in [1.54, 1.807) is 42.5 Å². The minimum Gasteiger partial charge on any atom is -0.482 e. The summed E-state index contributed by atoms with van der Waals surface area (Å²) >= 11 is 0. The SMILES string of the molecule is O=C(COC(=O)COc1ccc2c(c1)CCC(=O)N2)NC(=O)Cc1ccccc1. The second-order valence-corrected chi connectivity index (χ2v) is 6.45. The molecule has 2 aromatic rings. The first-order valence-corrected chi connectivity index (χ1v) is 9.07. The standard InChI is InChI=1S/C21H20N2O6/c24-18-9-6-15-11-16(7-8-17(15)22-18)28-13-21(27)29-12-20(26)23-19(25)10-14-4-2-1-3-5-14/h1-5,7-8,11H,6,9-10,12-13H2,(H,22,24)(H,23,25,26). The van der Waals surface area contributed by atoms with Crippen molar-refractivity contribution in [3.63, 3.8) is 0 Å². The summed E-state index contributed by atoms with van der Waals surface area (Å²) in [5.41, 5.74) is 2.42. The molecule has 8 nitrogen and oxygen atoms in total. The van der Waals surface area contributed by atoms with E-state index in [2.05, 4.69) is 10.6 Å². The predicted octanol–water partition coefficient (Wildman–Crippen LogP) is 1.38. The van der Waals surface area contributed by atoms with Gasteiger partial charge in [-0.15, -0.1) is 0 Å². The molecule has 3 amide bonds. The average molecular weight is 396 g/mol. The van der Waals surface area contributed by atoms with E-state index in [0.717, 1.165) is 16.8 Å². The molecule has 0 radical (unpaired) electrons.